The highest BCUT2D eigenvalue weighted by molar-refractivity contribution is 7.80. The number of benzene rings is 2. The SMILES string of the molecule is O=C(/C=C/c1ccc(-c2ccc(Cl)cc2Cl)o1)NC(=S)Nc1ccc([N+](=O)[O-])cc1. The molecule has 3 aromatic rings. The van der Waals surface area contributed by atoms with Crippen molar-refractivity contribution in [3.05, 3.63) is 86.6 Å². The normalized spacial score (nSPS) is 10.7. The molecule has 152 valence electrons. The number of carbonyl (C=O) groups is 1. The zero-order valence-corrected chi connectivity index (χ0v) is 17.4. The second kappa shape index (κ2) is 9.53. The van der Waals surface area contributed by atoms with E-state index in [9.17, 15) is 14.9 Å². The molecule has 0 aliphatic carbocycles. The zero-order valence-electron chi connectivity index (χ0n) is 15.1. The average Bonchev–Trinajstić information content (AvgIpc) is 3.15. The molecule has 0 unspecified atom stereocenters. The molecule has 0 aliphatic heterocycles. The Hall–Kier alpha value is -3.20. The molecule has 0 atom stereocenters. The molecule has 10 heteroatoms. The molecule has 0 bridgehead atoms. The smallest absolute Gasteiger partial charge is 0.269 e. The van der Waals surface area contributed by atoms with Crippen LogP contribution < -0.4 is 10.6 Å². The minimum atomic E-state index is -0.504. The Balaban J connectivity index is 1.57. The van der Waals surface area contributed by atoms with Crippen LogP contribution in [-0.2, 0) is 4.79 Å². The molecular formula is C20H13Cl2N3O4S. The highest BCUT2D eigenvalue weighted by atomic mass is 35.5. The van der Waals surface area contributed by atoms with Gasteiger partial charge in [-0.1, -0.05) is 23.2 Å². The van der Waals surface area contributed by atoms with E-state index in [0.717, 1.165) is 0 Å². The summed E-state index contributed by atoms with van der Waals surface area (Å²) in [5.74, 6) is 0.504. The van der Waals surface area contributed by atoms with Gasteiger partial charge < -0.3 is 9.73 Å². The summed E-state index contributed by atoms with van der Waals surface area (Å²) in [4.78, 5) is 22.2. The summed E-state index contributed by atoms with van der Waals surface area (Å²) < 4.78 is 5.67. The number of halogens is 2. The van der Waals surface area contributed by atoms with Gasteiger partial charge in [0.1, 0.15) is 11.5 Å². The number of thiocarbonyl (C=S) groups is 1. The van der Waals surface area contributed by atoms with Crippen LogP contribution in [0.25, 0.3) is 17.4 Å². The molecule has 1 amide bonds. The lowest BCUT2D eigenvalue weighted by molar-refractivity contribution is -0.384. The van der Waals surface area contributed by atoms with Gasteiger partial charge in [0.15, 0.2) is 5.11 Å². The first-order valence-electron chi connectivity index (χ1n) is 8.41. The van der Waals surface area contributed by atoms with Crippen molar-refractivity contribution in [3.63, 3.8) is 0 Å². The number of nitrogens with zero attached hydrogens (tertiary/aromatic N) is 1. The Kier molecular flexibility index (Phi) is 6.83. The fraction of sp³-hybridized carbons (Fsp3) is 0. The second-order valence-electron chi connectivity index (χ2n) is 5.91. The molecule has 0 radical (unpaired) electrons. The molecule has 0 saturated heterocycles. The first kappa shape index (κ1) is 21.5. The molecule has 0 fully saturated rings. The van der Waals surface area contributed by atoms with Gasteiger partial charge in [0.2, 0.25) is 5.91 Å². The lowest BCUT2D eigenvalue weighted by Gasteiger charge is -2.07. The number of anilines is 1. The number of hydrogen-bond donors (Lipinski definition) is 2. The number of rotatable bonds is 5. The minimum absolute atomic E-state index is 0.0452. The highest BCUT2D eigenvalue weighted by Crippen LogP contribution is 2.31. The number of nitro benzene ring substituents is 1. The first-order valence-corrected chi connectivity index (χ1v) is 9.58. The van der Waals surface area contributed by atoms with Crippen LogP contribution >= 0.6 is 35.4 Å². The van der Waals surface area contributed by atoms with E-state index in [4.69, 9.17) is 39.8 Å². The van der Waals surface area contributed by atoms with Crippen molar-refractivity contribution in [2.75, 3.05) is 5.32 Å². The zero-order chi connectivity index (χ0) is 21.7. The third kappa shape index (κ3) is 5.66. The summed E-state index contributed by atoms with van der Waals surface area (Å²) in [6.07, 6.45) is 2.74. The van der Waals surface area contributed by atoms with E-state index in [1.54, 1.807) is 30.3 Å². The summed E-state index contributed by atoms with van der Waals surface area (Å²) in [5, 5.41) is 16.9. The average molecular weight is 462 g/mol. The van der Waals surface area contributed by atoms with Crippen molar-refractivity contribution in [2.24, 2.45) is 0 Å². The molecule has 0 aliphatic rings. The summed E-state index contributed by atoms with van der Waals surface area (Å²) in [7, 11) is 0. The summed E-state index contributed by atoms with van der Waals surface area (Å²) >= 11 is 17.1. The van der Waals surface area contributed by atoms with Crippen LogP contribution in [-0.4, -0.2) is 15.9 Å². The van der Waals surface area contributed by atoms with Crippen LogP contribution in [0.4, 0.5) is 11.4 Å². The molecule has 2 aromatic carbocycles. The van der Waals surface area contributed by atoms with Crippen molar-refractivity contribution in [3.8, 4) is 11.3 Å². The van der Waals surface area contributed by atoms with Gasteiger partial charge in [-0.2, -0.15) is 0 Å². The molecule has 0 saturated carbocycles. The summed E-state index contributed by atoms with van der Waals surface area (Å²) in [6.45, 7) is 0. The maximum Gasteiger partial charge on any atom is 0.269 e. The van der Waals surface area contributed by atoms with Crippen LogP contribution in [0.15, 0.2) is 65.1 Å². The van der Waals surface area contributed by atoms with E-state index in [0.29, 0.717) is 32.8 Å². The summed E-state index contributed by atoms with van der Waals surface area (Å²) in [6, 6.07) is 14.1. The third-order valence-corrected chi connectivity index (χ3v) is 4.55. The standard InChI is InChI=1S/C20H13Cl2N3O4S/c21-12-1-8-16(17(22)11-12)18-9-6-15(29-18)7-10-19(26)24-20(30)23-13-2-4-14(5-3-13)25(27)28/h1-11H,(H2,23,24,26,30)/b10-7+. The summed E-state index contributed by atoms with van der Waals surface area (Å²) in [5.41, 5.74) is 1.14. The second-order valence-corrected chi connectivity index (χ2v) is 7.16. The molecule has 7 nitrogen and oxygen atoms in total. The van der Waals surface area contributed by atoms with Crippen molar-refractivity contribution < 1.29 is 14.1 Å². The largest absolute Gasteiger partial charge is 0.457 e. The lowest BCUT2D eigenvalue weighted by atomic mass is 10.2. The van der Waals surface area contributed by atoms with Crippen molar-refractivity contribution >= 4 is 63.9 Å². The van der Waals surface area contributed by atoms with Crippen molar-refractivity contribution in [1.82, 2.24) is 5.32 Å². The molecule has 30 heavy (non-hydrogen) atoms. The van der Waals surface area contributed by atoms with Crippen LogP contribution in [0, 0.1) is 10.1 Å². The van der Waals surface area contributed by atoms with Gasteiger partial charge >= 0.3 is 0 Å². The van der Waals surface area contributed by atoms with Gasteiger partial charge in [-0.15, -0.1) is 0 Å². The predicted octanol–water partition coefficient (Wildman–Crippen LogP) is 5.69. The van der Waals surface area contributed by atoms with Crippen LogP contribution in [0.1, 0.15) is 5.76 Å². The van der Waals surface area contributed by atoms with Gasteiger partial charge in [0, 0.05) is 34.5 Å². The van der Waals surface area contributed by atoms with E-state index < -0.39 is 10.8 Å². The van der Waals surface area contributed by atoms with Gasteiger partial charge in [-0.05, 0) is 60.8 Å². The van der Waals surface area contributed by atoms with E-state index >= 15 is 0 Å². The Morgan fingerprint density at radius 3 is 2.50 bits per heavy atom. The topological polar surface area (TPSA) is 97.4 Å². The van der Waals surface area contributed by atoms with Gasteiger partial charge in [0.05, 0.1) is 9.95 Å². The van der Waals surface area contributed by atoms with Gasteiger partial charge in [-0.3, -0.25) is 20.2 Å². The van der Waals surface area contributed by atoms with E-state index in [-0.39, 0.29) is 10.8 Å². The maximum absolute atomic E-state index is 12.0. The van der Waals surface area contributed by atoms with Crippen LogP contribution in [0.3, 0.4) is 0 Å². The number of nitro groups is 1. The Morgan fingerprint density at radius 1 is 1.10 bits per heavy atom. The van der Waals surface area contributed by atoms with E-state index in [2.05, 4.69) is 10.6 Å². The van der Waals surface area contributed by atoms with E-state index in [1.165, 1.54) is 36.4 Å². The Morgan fingerprint density at radius 2 is 1.83 bits per heavy atom. The van der Waals surface area contributed by atoms with Crippen molar-refractivity contribution in [1.29, 1.82) is 0 Å². The highest BCUT2D eigenvalue weighted by Gasteiger charge is 2.09. The molecule has 2 N–H and O–H groups in total. The molecule has 1 aromatic heterocycles. The Labute approximate surface area is 186 Å². The maximum atomic E-state index is 12.0. The first-order chi connectivity index (χ1) is 14.3. The number of amides is 1. The number of nitrogens with one attached hydrogen (secondary N) is 2. The van der Waals surface area contributed by atoms with E-state index in [1.807, 2.05) is 0 Å². The molecular weight excluding hydrogens is 449 g/mol. The number of furan rings is 1. The van der Waals surface area contributed by atoms with Crippen LogP contribution in [0.5, 0.6) is 0 Å². The molecule has 0 spiro atoms. The molecule has 1 heterocycles. The quantitative estimate of drug-likeness (QED) is 0.219. The number of non-ortho nitro benzene ring substituents is 1. The number of hydrogen-bond acceptors (Lipinski definition) is 5. The fourth-order valence-electron chi connectivity index (χ4n) is 2.42. The monoisotopic (exact) mass is 461 g/mol. The van der Waals surface area contributed by atoms with Gasteiger partial charge in [-0.25, -0.2) is 0 Å². The lowest BCUT2D eigenvalue weighted by Crippen LogP contribution is -2.32. The van der Waals surface area contributed by atoms with Crippen molar-refractivity contribution in [2.45, 2.75) is 0 Å². The Bertz CT molecular complexity index is 1140. The molecule has 3 rings (SSSR count). The van der Waals surface area contributed by atoms with Crippen LogP contribution in [0.2, 0.25) is 10.0 Å². The van der Waals surface area contributed by atoms with Gasteiger partial charge in [0.25, 0.3) is 5.69 Å². The third-order valence-electron chi connectivity index (χ3n) is 3.80. The minimum Gasteiger partial charge on any atom is -0.457 e. The number of carbonyl (C=O) groups excluding carboxylic acids is 1. The fourth-order valence-corrected chi connectivity index (χ4v) is 3.14. The predicted molar refractivity (Wildman–Crippen MR) is 121 cm³/mol.